The van der Waals surface area contributed by atoms with Crippen LogP contribution in [0, 0.1) is 6.92 Å². The van der Waals surface area contributed by atoms with Crippen LogP contribution in [-0.2, 0) is 4.79 Å². The summed E-state index contributed by atoms with van der Waals surface area (Å²) in [6, 6.07) is 14.7. The van der Waals surface area contributed by atoms with Crippen molar-refractivity contribution in [3.63, 3.8) is 0 Å². The van der Waals surface area contributed by atoms with Gasteiger partial charge in [0.2, 0.25) is 0 Å². The first-order chi connectivity index (χ1) is 11.5. The van der Waals surface area contributed by atoms with Crippen LogP contribution in [0.15, 0.2) is 48.5 Å². The zero-order valence-corrected chi connectivity index (χ0v) is 14.1. The molecule has 2 aromatic rings. The third-order valence-corrected chi connectivity index (χ3v) is 3.53. The standard InChI is InChI=1S/C19H22N2O3/c1-13(2)16-6-4-5-7-17(16)24-12-18(22)20-21-19(23)15-10-8-14(3)9-11-15/h4-11,13H,12H2,1-3H3,(H,20,22)(H,21,23). The summed E-state index contributed by atoms with van der Waals surface area (Å²) in [7, 11) is 0. The Bertz CT molecular complexity index is 709. The van der Waals surface area contributed by atoms with Crippen molar-refractivity contribution >= 4 is 11.8 Å². The molecule has 5 nitrogen and oxygen atoms in total. The lowest BCUT2D eigenvalue weighted by molar-refractivity contribution is -0.123. The quantitative estimate of drug-likeness (QED) is 0.830. The molecule has 0 unspecified atom stereocenters. The second-order valence-electron chi connectivity index (χ2n) is 5.85. The summed E-state index contributed by atoms with van der Waals surface area (Å²) in [5.41, 5.74) is 7.30. The molecule has 24 heavy (non-hydrogen) atoms. The first-order valence-electron chi connectivity index (χ1n) is 7.85. The van der Waals surface area contributed by atoms with E-state index in [2.05, 4.69) is 24.7 Å². The zero-order chi connectivity index (χ0) is 17.5. The van der Waals surface area contributed by atoms with Gasteiger partial charge in [-0.3, -0.25) is 20.4 Å². The predicted octanol–water partition coefficient (Wildman–Crippen LogP) is 2.96. The van der Waals surface area contributed by atoms with Gasteiger partial charge in [0, 0.05) is 5.56 Å². The molecule has 2 N–H and O–H groups in total. The number of benzene rings is 2. The first kappa shape index (κ1) is 17.5. The number of carbonyl (C=O) groups excluding carboxylic acids is 2. The number of carbonyl (C=O) groups is 2. The summed E-state index contributed by atoms with van der Waals surface area (Å²) < 4.78 is 5.55. The predicted molar refractivity (Wildman–Crippen MR) is 92.8 cm³/mol. The van der Waals surface area contributed by atoms with E-state index in [1.54, 1.807) is 12.1 Å². The molecule has 0 radical (unpaired) electrons. The van der Waals surface area contributed by atoms with Crippen LogP contribution in [0.25, 0.3) is 0 Å². The molecule has 2 rings (SSSR count). The SMILES string of the molecule is Cc1ccc(C(=O)NNC(=O)COc2ccccc2C(C)C)cc1. The third kappa shape index (κ3) is 4.84. The molecule has 2 aromatic carbocycles. The number of aryl methyl sites for hydroxylation is 1. The molecule has 0 aliphatic heterocycles. The lowest BCUT2D eigenvalue weighted by atomic mass is 10.0. The summed E-state index contributed by atoms with van der Waals surface area (Å²) in [4.78, 5) is 23.7. The molecular weight excluding hydrogens is 304 g/mol. The van der Waals surface area contributed by atoms with Crippen molar-refractivity contribution in [3.8, 4) is 5.75 Å². The Morgan fingerprint density at radius 2 is 1.67 bits per heavy atom. The Hall–Kier alpha value is -2.82. The molecule has 0 fully saturated rings. The molecule has 0 aliphatic rings. The molecule has 0 aliphatic carbocycles. The maximum atomic E-state index is 11.9. The van der Waals surface area contributed by atoms with Crippen LogP contribution in [0.3, 0.4) is 0 Å². The largest absolute Gasteiger partial charge is 0.483 e. The van der Waals surface area contributed by atoms with Crippen LogP contribution in [0.5, 0.6) is 5.75 Å². The smallest absolute Gasteiger partial charge is 0.276 e. The second-order valence-corrected chi connectivity index (χ2v) is 5.85. The van der Waals surface area contributed by atoms with Crippen molar-refractivity contribution in [1.29, 1.82) is 0 Å². The average molecular weight is 326 g/mol. The van der Waals surface area contributed by atoms with Gasteiger partial charge in [-0.1, -0.05) is 49.7 Å². The Balaban J connectivity index is 1.84. The minimum absolute atomic E-state index is 0.169. The van der Waals surface area contributed by atoms with Crippen LogP contribution in [0.4, 0.5) is 0 Å². The summed E-state index contributed by atoms with van der Waals surface area (Å²) in [6.45, 7) is 5.89. The number of rotatable bonds is 5. The molecule has 126 valence electrons. The van der Waals surface area contributed by atoms with E-state index < -0.39 is 5.91 Å². The number of hydrogen-bond acceptors (Lipinski definition) is 3. The minimum Gasteiger partial charge on any atom is -0.483 e. The van der Waals surface area contributed by atoms with Crippen LogP contribution < -0.4 is 15.6 Å². The van der Waals surface area contributed by atoms with Gasteiger partial charge in [0.05, 0.1) is 0 Å². The normalized spacial score (nSPS) is 10.3. The van der Waals surface area contributed by atoms with Crippen molar-refractivity contribution in [3.05, 3.63) is 65.2 Å². The van der Waals surface area contributed by atoms with Crippen molar-refractivity contribution in [2.75, 3.05) is 6.61 Å². The molecule has 0 bridgehead atoms. The van der Waals surface area contributed by atoms with E-state index in [9.17, 15) is 9.59 Å². The third-order valence-electron chi connectivity index (χ3n) is 3.53. The highest BCUT2D eigenvalue weighted by molar-refractivity contribution is 5.95. The number of ether oxygens (including phenoxy) is 1. The van der Waals surface area contributed by atoms with Crippen LogP contribution >= 0.6 is 0 Å². The Kier molecular flexibility index (Phi) is 5.95. The number of nitrogens with one attached hydrogen (secondary N) is 2. The maximum absolute atomic E-state index is 11.9. The number of hydrazine groups is 1. The van der Waals surface area contributed by atoms with E-state index >= 15 is 0 Å². The van der Waals surface area contributed by atoms with E-state index in [1.165, 1.54) is 0 Å². The van der Waals surface area contributed by atoms with Gasteiger partial charge < -0.3 is 4.74 Å². The number of hydrogen-bond donors (Lipinski definition) is 2. The average Bonchev–Trinajstić information content (AvgIpc) is 2.58. The highest BCUT2D eigenvalue weighted by Crippen LogP contribution is 2.25. The molecule has 5 heteroatoms. The van der Waals surface area contributed by atoms with E-state index in [0.717, 1.165) is 11.1 Å². The second kappa shape index (κ2) is 8.15. The van der Waals surface area contributed by atoms with Gasteiger partial charge >= 0.3 is 0 Å². The fourth-order valence-corrected chi connectivity index (χ4v) is 2.17. The van der Waals surface area contributed by atoms with Crippen LogP contribution in [0.1, 0.15) is 41.3 Å². The van der Waals surface area contributed by atoms with Crippen LogP contribution in [-0.4, -0.2) is 18.4 Å². The van der Waals surface area contributed by atoms with Crippen molar-refractivity contribution in [1.82, 2.24) is 10.9 Å². The van der Waals surface area contributed by atoms with E-state index in [4.69, 9.17) is 4.74 Å². The van der Waals surface area contributed by atoms with Gasteiger partial charge in [-0.25, -0.2) is 0 Å². The Morgan fingerprint density at radius 3 is 2.33 bits per heavy atom. The zero-order valence-electron chi connectivity index (χ0n) is 14.1. The van der Waals surface area contributed by atoms with Crippen LogP contribution in [0.2, 0.25) is 0 Å². The number of para-hydroxylation sites is 1. The molecule has 0 saturated carbocycles. The lowest BCUT2D eigenvalue weighted by Crippen LogP contribution is -2.43. The van der Waals surface area contributed by atoms with E-state index in [-0.39, 0.29) is 12.5 Å². The summed E-state index contributed by atoms with van der Waals surface area (Å²) in [6.07, 6.45) is 0. The monoisotopic (exact) mass is 326 g/mol. The van der Waals surface area contributed by atoms with Gasteiger partial charge in [0.1, 0.15) is 5.75 Å². The molecule has 0 atom stereocenters. The van der Waals surface area contributed by atoms with Gasteiger partial charge in [0.15, 0.2) is 6.61 Å². The Morgan fingerprint density at radius 1 is 1.00 bits per heavy atom. The molecule has 0 heterocycles. The van der Waals surface area contributed by atoms with Gasteiger partial charge in [-0.15, -0.1) is 0 Å². The molecule has 0 aromatic heterocycles. The van der Waals surface area contributed by atoms with E-state index in [1.807, 2.05) is 43.3 Å². The minimum atomic E-state index is -0.422. The van der Waals surface area contributed by atoms with Crippen molar-refractivity contribution in [2.24, 2.45) is 0 Å². The van der Waals surface area contributed by atoms with E-state index in [0.29, 0.717) is 17.2 Å². The highest BCUT2D eigenvalue weighted by Gasteiger charge is 2.10. The lowest BCUT2D eigenvalue weighted by Gasteiger charge is -2.14. The topological polar surface area (TPSA) is 67.4 Å². The fraction of sp³-hybridized carbons (Fsp3) is 0.263. The van der Waals surface area contributed by atoms with Gasteiger partial charge in [-0.2, -0.15) is 0 Å². The van der Waals surface area contributed by atoms with Crippen molar-refractivity contribution in [2.45, 2.75) is 26.7 Å². The van der Waals surface area contributed by atoms with Crippen molar-refractivity contribution < 1.29 is 14.3 Å². The number of amides is 2. The van der Waals surface area contributed by atoms with Gasteiger partial charge in [0.25, 0.3) is 11.8 Å². The summed E-state index contributed by atoms with van der Waals surface area (Å²) in [5, 5.41) is 0. The summed E-state index contributed by atoms with van der Waals surface area (Å²) >= 11 is 0. The molecular formula is C19H22N2O3. The molecule has 0 saturated heterocycles. The maximum Gasteiger partial charge on any atom is 0.276 e. The fourth-order valence-electron chi connectivity index (χ4n) is 2.17. The summed E-state index contributed by atoms with van der Waals surface area (Å²) in [5.74, 6) is 0.179. The molecule has 0 spiro atoms. The first-order valence-corrected chi connectivity index (χ1v) is 7.85. The Labute approximate surface area is 142 Å². The van der Waals surface area contributed by atoms with Gasteiger partial charge in [-0.05, 0) is 36.6 Å². The molecule has 2 amide bonds. The highest BCUT2D eigenvalue weighted by atomic mass is 16.5.